The van der Waals surface area contributed by atoms with Crippen molar-refractivity contribution in [2.24, 2.45) is 0 Å². The van der Waals surface area contributed by atoms with Crippen LogP contribution in [-0.4, -0.2) is 73.2 Å². The molecule has 31 heavy (non-hydrogen) atoms. The number of carbonyl (C=O) groups is 2. The summed E-state index contributed by atoms with van der Waals surface area (Å²) in [5, 5.41) is 13.6. The van der Waals surface area contributed by atoms with Gasteiger partial charge in [-0.15, -0.1) is 0 Å². The summed E-state index contributed by atoms with van der Waals surface area (Å²) in [5.41, 5.74) is 0.638. The molecule has 12 heteroatoms. The van der Waals surface area contributed by atoms with Gasteiger partial charge in [-0.05, 0) is 24.6 Å². The lowest BCUT2D eigenvalue weighted by molar-refractivity contribution is -0.131. The number of H-pyrrole nitrogens is 1. The Morgan fingerprint density at radius 3 is 2.84 bits per heavy atom. The highest BCUT2D eigenvalue weighted by Crippen LogP contribution is 2.16. The molecule has 162 valence electrons. The number of nitrogens with one attached hydrogen (secondary N) is 2. The highest BCUT2D eigenvalue weighted by Gasteiger charge is 2.22. The van der Waals surface area contributed by atoms with E-state index in [1.54, 1.807) is 34.1 Å². The van der Waals surface area contributed by atoms with Crippen LogP contribution < -0.4 is 5.32 Å². The monoisotopic (exact) mass is 444 g/mol. The fraction of sp³-hybridized carbons (Fsp3) is 0.368. The van der Waals surface area contributed by atoms with Crippen molar-refractivity contribution in [1.82, 2.24) is 35.1 Å². The maximum absolute atomic E-state index is 12.6. The molecular formula is C19H21ClN8O3. The van der Waals surface area contributed by atoms with E-state index in [2.05, 4.69) is 30.6 Å². The number of carbonyl (C=O) groups excluding carboxylic acids is 2. The van der Waals surface area contributed by atoms with Gasteiger partial charge in [-0.2, -0.15) is 10.1 Å². The van der Waals surface area contributed by atoms with E-state index in [9.17, 15) is 9.59 Å². The van der Waals surface area contributed by atoms with Gasteiger partial charge in [0, 0.05) is 49.7 Å². The van der Waals surface area contributed by atoms with Crippen molar-refractivity contribution in [1.29, 1.82) is 0 Å². The number of rotatable bonds is 5. The first-order valence-electron chi connectivity index (χ1n) is 9.86. The number of nitrogens with zero attached hydrogens (tertiary/aromatic N) is 6. The molecule has 0 unspecified atom stereocenters. The van der Waals surface area contributed by atoms with Crippen LogP contribution in [-0.2, 0) is 11.2 Å². The van der Waals surface area contributed by atoms with Crippen LogP contribution in [0.5, 0.6) is 0 Å². The van der Waals surface area contributed by atoms with Gasteiger partial charge in [-0.3, -0.25) is 9.89 Å². The summed E-state index contributed by atoms with van der Waals surface area (Å²) >= 11 is 5.96. The van der Waals surface area contributed by atoms with Gasteiger partial charge in [-0.1, -0.05) is 22.8 Å². The van der Waals surface area contributed by atoms with E-state index in [1.165, 1.54) is 6.33 Å². The quantitative estimate of drug-likeness (QED) is 0.616. The predicted octanol–water partition coefficient (Wildman–Crippen LogP) is 2.21. The van der Waals surface area contributed by atoms with E-state index < -0.39 is 0 Å². The second-order valence-corrected chi connectivity index (χ2v) is 7.44. The third-order valence-corrected chi connectivity index (χ3v) is 5.09. The number of halogens is 1. The average Bonchev–Trinajstić information content (AvgIpc) is 3.39. The predicted molar refractivity (Wildman–Crippen MR) is 111 cm³/mol. The zero-order valence-electron chi connectivity index (χ0n) is 16.6. The Hall–Kier alpha value is -3.47. The van der Waals surface area contributed by atoms with E-state index in [0.29, 0.717) is 67.3 Å². The Kier molecular flexibility index (Phi) is 6.41. The maximum atomic E-state index is 12.6. The minimum Gasteiger partial charge on any atom is -0.341 e. The van der Waals surface area contributed by atoms with Crippen LogP contribution in [0.4, 0.5) is 10.5 Å². The van der Waals surface area contributed by atoms with Crippen molar-refractivity contribution in [3.8, 4) is 11.6 Å². The second-order valence-electron chi connectivity index (χ2n) is 7.01. The van der Waals surface area contributed by atoms with Gasteiger partial charge in [0.25, 0.3) is 0 Å². The number of hydrogen-bond donors (Lipinski definition) is 2. The third-order valence-electron chi connectivity index (χ3n) is 4.86. The lowest BCUT2D eigenvalue weighted by Crippen LogP contribution is -2.39. The topological polar surface area (TPSA) is 133 Å². The van der Waals surface area contributed by atoms with Crippen molar-refractivity contribution in [2.45, 2.75) is 19.3 Å². The van der Waals surface area contributed by atoms with Gasteiger partial charge in [0.05, 0.1) is 0 Å². The Bertz CT molecular complexity index is 1040. The zero-order chi connectivity index (χ0) is 21.6. The summed E-state index contributed by atoms with van der Waals surface area (Å²) in [5.74, 6) is 1.05. The minimum atomic E-state index is -0.206. The molecule has 0 atom stereocenters. The van der Waals surface area contributed by atoms with E-state index >= 15 is 0 Å². The molecule has 1 aliphatic heterocycles. The summed E-state index contributed by atoms with van der Waals surface area (Å²) in [6.45, 7) is 2.08. The molecule has 11 nitrogen and oxygen atoms in total. The van der Waals surface area contributed by atoms with E-state index in [1.807, 2.05) is 0 Å². The molecule has 3 amide bonds. The smallest absolute Gasteiger partial charge is 0.321 e. The number of aromatic amines is 1. The fourth-order valence-corrected chi connectivity index (χ4v) is 3.47. The molecule has 0 bridgehead atoms. The van der Waals surface area contributed by atoms with Gasteiger partial charge >= 0.3 is 6.03 Å². The summed E-state index contributed by atoms with van der Waals surface area (Å²) < 4.78 is 5.17. The SMILES string of the molecule is O=C(CCc1nc(-c2ncn[nH]2)no1)N1CCCN(C(=O)Nc2cccc(Cl)c2)CC1. The Morgan fingerprint density at radius 1 is 1.19 bits per heavy atom. The Labute approximate surface area is 182 Å². The number of aromatic nitrogens is 5. The number of amides is 3. The molecule has 3 heterocycles. The van der Waals surface area contributed by atoms with Crippen molar-refractivity contribution >= 4 is 29.2 Å². The van der Waals surface area contributed by atoms with Crippen molar-refractivity contribution < 1.29 is 14.1 Å². The number of hydrogen-bond acceptors (Lipinski definition) is 7. The Morgan fingerprint density at radius 2 is 2.03 bits per heavy atom. The first kappa shape index (κ1) is 20.8. The number of urea groups is 1. The van der Waals surface area contributed by atoms with Crippen molar-refractivity contribution in [3.05, 3.63) is 41.5 Å². The van der Waals surface area contributed by atoms with Crippen LogP contribution in [0.25, 0.3) is 11.6 Å². The van der Waals surface area contributed by atoms with Gasteiger partial charge in [0.2, 0.25) is 17.6 Å². The van der Waals surface area contributed by atoms with Crippen molar-refractivity contribution in [2.75, 3.05) is 31.5 Å². The van der Waals surface area contributed by atoms with Gasteiger partial charge < -0.3 is 19.6 Å². The van der Waals surface area contributed by atoms with E-state index in [-0.39, 0.29) is 18.4 Å². The van der Waals surface area contributed by atoms with Crippen LogP contribution in [0.3, 0.4) is 0 Å². The molecule has 3 aromatic rings. The highest BCUT2D eigenvalue weighted by atomic mass is 35.5. The van der Waals surface area contributed by atoms with Crippen LogP contribution in [0.1, 0.15) is 18.7 Å². The number of anilines is 1. The molecule has 2 aromatic heterocycles. The summed E-state index contributed by atoms with van der Waals surface area (Å²) in [7, 11) is 0. The van der Waals surface area contributed by atoms with E-state index in [0.717, 1.165) is 0 Å². The van der Waals surface area contributed by atoms with Crippen LogP contribution in [0.2, 0.25) is 5.02 Å². The third kappa shape index (κ3) is 5.37. The molecule has 0 saturated carbocycles. The molecule has 1 aromatic carbocycles. The standard InChI is InChI=1S/C19H21ClN8O3/c20-13-3-1-4-14(11-13)23-19(30)28-8-2-7-27(9-10-28)16(29)6-5-15-24-18(26-31-15)17-21-12-22-25-17/h1,3-4,11-12H,2,5-10H2,(H,23,30)(H,21,22,25). The summed E-state index contributed by atoms with van der Waals surface area (Å²) in [4.78, 5) is 36.8. The van der Waals surface area contributed by atoms with Crippen LogP contribution in [0.15, 0.2) is 35.1 Å². The first-order chi connectivity index (χ1) is 15.1. The molecule has 1 saturated heterocycles. The summed E-state index contributed by atoms with van der Waals surface area (Å²) in [6, 6.07) is 6.79. The molecule has 1 fully saturated rings. The number of aryl methyl sites for hydroxylation is 1. The molecule has 0 spiro atoms. The number of benzene rings is 1. The molecule has 0 radical (unpaired) electrons. The minimum absolute atomic E-state index is 0.0171. The molecule has 1 aliphatic rings. The molecule has 0 aliphatic carbocycles. The van der Waals surface area contributed by atoms with Gasteiger partial charge in [-0.25, -0.2) is 9.78 Å². The average molecular weight is 445 g/mol. The lowest BCUT2D eigenvalue weighted by Gasteiger charge is -2.22. The maximum Gasteiger partial charge on any atom is 0.321 e. The normalized spacial score (nSPS) is 14.4. The van der Waals surface area contributed by atoms with Crippen LogP contribution >= 0.6 is 11.6 Å². The molecular weight excluding hydrogens is 424 g/mol. The fourth-order valence-electron chi connectivity index (χ4n) is 3.28. The van der Waals surface area contributed by atoms with E-state index in [4.69, 9.17) is 16.1 Å². The summed E-state index contributed by atoms with van der Waals surface area (Å²) in [6.07, 6.45) is 2.62. The molecule has 4 rings (SSSR count). The lowest BCUT2D eigenvalue weighted by atomic mass is 10.2. The van der Waals surface area contributed by atoms with Gasteiger partial charge in [0.15, 0.2) is 5.82 Å². The van der Waals surface area contributed by atoms with Gasteiger partial charge in [0.1, 0.15) is 6.33 Å². The van der Waals surface area contributed by atoms with Crippen LogP contribution in [0, 0.1) is 0 Å². The largest absolute Gasteiger partial charge is 0.341 e. The second kappa shape index (κ2) is 9.56. The Balaban J connectivity index is 1.26. The highest BCUT2D eigenvalue weighted by molar-refractivity contribution is 6.30. The zero-order valence-corrected chi connectivity index (χ0v) is 17.4. The first-order valence-corrected chi connectivity index (χ1v) is 10.2. The van der Waals surface area contributed by atoms with Crippen molar-refractivity contribution in [3.63, 3.8) is 0 Å². The molecule has 2 N–H and O–H groups in total.